The molecule has 0 heterocycles. The van der Waals surface area contributed by atoms with E-state index in [-0.39, 0.29) is 11.1 Å². The maximum atomic E-state index is 11.2. The minimum atomic E-state index is -1.02. The number of carbonyl (C=O) groups is 2. The summed E-state index contributed by atoms with van der Waals surface area (Å²) in [6.45, 7) is 3.44. The molecule has 4 heteroatoms. The van der Waals surface area contributed by atoms with E-state index in [0.29, 0.717) is 16.5 Å². The molecule has 2 aromatic rings. The molecule has 0 aliphatic rings. The molecule has 0 fully saturated rings. The third-order valence-electron chi connectivity index (χ3n) is 3.06. The first-order valence-electron chi connectivity index (χ1n) is 5.42. The molecule has 2 N–H and O–H groups in total. The summed E-state index contributed by atoms with van der Waals surface area (Å²) >= 11 is 0. The number of benzene rings is 2. The topological polar surface area (TPSA) is 74.6 Å². The van der Waals surface area contributed by atoms with Crippen molar-refractivity contribution in [3.05, 3.63) is 46.5 Å². The Morgan fingerprint density at radius 3 is 2.22 bits per heavy atom. The lowest BCUT2D eigenvalue weighted by Crippen LogP contribution is -2.04. The highest BCUT2D eigenvalue weighted by Crippen LogP contribution is 2.26. The van der Waals surface area contributed by atoms with Gasteiger partial charge < -0.3 is 10.2 Å². The summed E-state index contributed by atoms with van der Waals surface area (Å²) in [6.07, 6.45) is 0. The van der Waals surface area contributed by atoms with Crippen LogP contribution < -0.4 is 0 Å². The molecule has 0 aromatic heterocycles. The van der Waals surface area contributed by atoms with Crippen LogP contribution in [0.3, 0.4) is 0 Å². The van der Waals surface area contributed by atoms with Crippen molar-refractivity contribution in [2.24, 2.45) is 0 Å². The highest BCUT2D eigenvalue weighted by Gasteiger charge is 2.15. The van der Waals surface area contributed by atoms with Crippen LogP contribution >= 0.6 is 0 Å². The number of aryl methyl sites for hydroxylation is 2. The van der Waals surface area contributed by atoms with Gasteiger partial charge in [0.15, 0.2) is 0 Å². The van der Waals surface area contributed by atoms with E-state index in [1.807, 2.05) is 0 Å². The molecular formula is C14H12O4. The molecule has 4 nitrogen and oxygen atoms in total. The van der Waals surface area contributed by atoms with Crippen molar-refractivity contribution in [1.29, 1.82) is 0 Å². The summed E-state index contributed by atoms with van der Waals surface area (Å²) in [7, 11) is 0. The average molecular weight is 244 g/mol. The van der Waals surface area contributed by atoms with Crippen LogP contribution in [0.25, 0.3) is 10.8 Å². The van der Waals surface area contributed by atoms with E-state index in [1.165, 1.54) is 12.1 Å². The van der Waals surface area contributed by atoms with E-state index in [1.54, 1.807) is 26.0 Å². The molecule has 0 saturated carbocycles. The predicted octanol–water partition coefficient (Wildman–Crippen LogP) is 2.85. The van der Waals surface area contributed by atoms with Gasteiger partial charge in [0.25, 0.3) is 0 Å². The zero-order chi connectivity index (χ0) is 13.4. The van der Waals surface area contributed by atoms with Crippen LogP contribution in [0, 0.1) is 13.8 Å². The van der Waals surface area contributed by atoms with Crippen LogP contribution in [0.5, 0.6) is 0 Å². The van der Waals surface area contributed by atoms with E-state index in [2.05, 4.69) is 0 Å². The summed E-state index contributed by atoms with van der Waals surface area (Å²) in [5.41, 5.74) is 1.67. The van der Waals surface area contributed by atoms with Crippen molar-refractivity contribution < 1.29 is 19.8 Å². The Morgan fingerprint density at radius 1 is 1.00 bits per heavy atom. The molecule has 0 saturated heterocycles. The summed E-state index contributed by atoms with van der Waals surface area (Å²) < 4.78 is 0. The molecular weight excluding hydrogens is 232 g/mol. The van der Waals surface area contributed by atoms with Crippen molar-refractivity contribution in [2.45, 2.75) is 13.8 Å². The highest BCUT2D eigenvalue weighted by molar-refractivity contribution is 6.01. The van der Waals surface area contributed by atoms with E-state index in [9.17, 15) is 9.59 Å². The van der Waals surface area contributed by atoms with Gasteiger partial charge >= 0.3 is 11.9 Å². The van der Waals surface area contributed by atoms with E-state index < -0.39 is 11.9 Å². The lowest BCUT2D eigenvalue weighted by atomic mass is 9.94. The second kappa shape index (κ2) is 4.14. The first-order chi connectivity index (χ1) is 8.41. The zero-order valence-electron chi connectivity index (χ0n) is 10.0. The fraction of sp³-hybridized carbons (Fsp3) is 0.143. The Labute approximate surface area is 103 Å². The molecule has 2 aromatic carbocycles. The molecule has 2 rings (SSSR count). The molecule has 0 unspecified atom stereocenters. The van der Waals surface area contributed by atoms with Crippen molar-refractivity contribution in [2.75, 3.05) is 0 Å². The third kappa shape index (κ3) is 1.82. The Balaban J connectivity index is 2.85. The van der Waals surface area contributed by atoms with Crippen molar-refractivity contribution in [1.82, 2.24) is 0 Å². The second-order valence-electron chi connectivity index (χ2n) is 4.24. The lowest BCUT2D eigenvalue weighted by Gasteiger charge is -2.10. The molecule has 92 valence electrons. The van der Waals surface area contributed by atoms with Gasteiger partial charge in [0.2, 0.25) is 0 Å². The maximum absolute atomic E-state index is 11.2. The lowest BCUT2D eigenvalue weighted by molar-refractivity contribution is 0.0686. The molecule has 0 bridgehead atoms. The molecule has 0 atom stereocenters. The van der Waals surface area contributed by atoms with Gasteiger partial charge in [-0.15, -0.1) is 0 Å². The van der Waals surface area contributed by atoms with Gasteiger partial charge in [-0.2, -0.15) is 0 Å². The standard InChI is InChI=1S/C14H12O4/c1-7-5-9-3-4-10(13(15)16)6-11(9)8(2)12(7)14(17)18/h3-6H,1-2H3,(H,15,16)(H,17,18). The number of carboxylic acids is 2. The zero-order valence-corrected chi connectivity index (χ0v) is 10.0. The molecule has 18 heavy (non-hydrogen) atoms. The van der Waals surface area contributed by atoms with Crippen LogP contribution in [0.1, 0.15) is 31.8 Å². The van der Waals surface area contributed by atoms with Crippen LogP contribution in [-0.2, 0) is 0 Å². The van der Waals surface area contributed by atoms with Gasteiger partial charge in [0.1, 0.15) is 0 Å². The number of fused-ring (bicyclic) bond motifs is 1. The summed E-state index contributed by atoms with van der Waals surface area (Å²) in [5.74, 6) is -2.01. The van der Waals surface area contributed by atoms with Crippen molar-refractivity contribution >= 4 is 22.7 Å². The molecule has 0 spiro atoms. The SMILES string of the molecule is Cc1cc2ccc(C(=O)O)cc2c(C)c1C(=O)O. The van der Waals surface area contributed by atoms with Crippen molar-refractivity contribution in [3.8, 4) is 0 Å². The normalized spacial score (nSPS) is 10.6. The van der Waals surface area contributed by atoms with Gasteiger partial charge in [-0.25, -0.2) is 9.59 Å². The summed E-state index contributed by atoms with van der Waals surface area (Å²) in [6, 6.07) is 6.49. The van der Waals surface area contributed by atoms with Gasteiger partial charge in [-0.1, -0.05) is 12.1 Å². The number of rotatable bonds is 2. The number of hydrogen-bond acceptors (Lipinski definition) is 2. The molecule has 0 radical (unpaired) electrons. The van der Waals surface area contributed by atoms with Crippen LogP contribution in [0.2, 0.25) is 0 Å². The van der Waals surface area contributed by atoms with Crippen LogP contribution in [-0.4, -0.2) is 22.2 Å². The average Bonchev–Trinajstić information content (AvgIpc) is 2.27. The largest absolute Gasteiger partial charge is 0.478 e. The summed E-state index contributed by atoms with van der Waals surface area (Å²) in [5, 5.41) is 19.6. The van der Waals surface area contributed by atoms with Gasteiger partial charge in [0, 0.05) is 0 Å². The van der Waals surface area contributed by atoms with Crippen LogP contribution in [0.4, 0.5) is 0 Å². The fourth-order valence-corrected chi connectivity index (χ4v) is 2.20. The smallest absolute Gasteiger partial charge is 0.336 e. The monoisotopic (exact) mass is 244 g/mol. The molecule has 0 amide bonds. The van der Waals surface area contributed by atoms with Crippen LogP contribution in [0.15, 0.2) is 24.3 Å². The van der Waals surface area contributed by atoms with E-state index >= 15 is 0 Å². The van der Waals surface area contributed by atoms with E-state index in [4.69, 9.17) is 10.2 Å². The quantitative estimate of drug-likeness (QED) is 0.851. The number of hydrogen-bond donors (Lipinski definition) is 2. The Kier molecular flexibility index (Phi) is 2.79. The fourth-order valence-electron chi connectivity index (χ4n) is 2.20. The maximum Gasteiger partial charge on any atom is 0.336 e. The number of aromatic carboxylic acids is 2. The van der Waals surface area contributed by atoms with Gasteiger partial charge in [0.05, 0.1) is 11.1 Å². The molecule has 0 aliphatic heterocycles. The summed E-state index contributed by atoms with van der Waals surface area (Å²) in [4.78, 5) is 22.1. The second-order valence-corrected chi connectivity index (χ2v) is 4.24. The number of carboxylic acid groups (broad SMARTS) is 2. The Bertz CT molecular complexity index is 671. The first kappa shape index (κ1) is 12.1. The van der Waals surface area contributed by atoms with Gasteiger partial charge in [-0.3, -0.25) is 0 Å². The minimum Gasteiger partial charge on any atom is -0.478 e. The van der Waals surface area contributed by atoms with Gasteiger partial charge in [-0.05, 0) is 47.9 Å². The molecule has 0 aliphatic carbocycles. The Morgan fingerprint density at radius 2 is 1.67 bits per heavy atom. The first-order valence-corrected chi connectivity index (χ1v) is 5.42. The third-order valence-corrected chi connectivity index (χ3v) is 3.06. The van der Waals surface area contributed by atoms with E-state index in [0.717, 1.165) is 5.39 Å². The Hall–Kier alpha value is -2.36. The predicted molar refractivity (Wildman–Crippen MR) is 67.3 cm³/mol. The minimum absolute atomic E-state index is 0.158. The van der Waals surface area contributed by atoms with Crippen molar-refractivity contribution in [3.63, 3.8) is 0 Å². The highest BCUT2D eigenvalue weighted by atomic mass is 16.4.